The molecule has 0 radical (unpaired) electrons. The molecule has 3 aromatic rings. The Balaban J connectivity index is 1.52. The predicted molar refractivity (Wildman–Crippen MR) is 94.1 cm³/mol. The fourth-order valence-electron chi connectivity index (χ4n) is 3.58. The van der Waals surface area contributed by atoms with Gasteiger partial charge < -0.3 is 14.8 Å². The SMILES string of the molecule is O=C1C=C(c2ccc3occc3c2)NC2C(c3ccccn3)C(O)NN12. The van der Waals surface area contributed by atoms with Crippen molar-refractivity contribution in [2.75, 3.05) is 0 Å². The lowest BCUT2D eigenvalue weighted by atomic mass is 9.98. The van der Waals surface area contributed by atoms with Crippen LogP contribution in [0.15, 0.2) is 65.4 Å². The molecule has 2 aliphatic rings. The molecule has 2 aromatic heterocycles. The highest BCUT2D eigenvalue weighted by Crippen LogP contribution is 2.33. The van der Waals surface area contributed by atoms with E-state index in [9.17, 15) is 9.90 Å². The van der Waals surface area contributed by atoms with E-state index in [-0.39, 0.29) is 11.8 Å². The number of benzene rings is 1. The number of amides is 1. The Morgan fingerprint density at radius 3 is 2.96 bits per heavy atom. The summed E-state index contributed by atoms with van der Waals surface area (Å²) >= 11 is 0. The number of fused-ring (bicyclic) bond motifs is 2. The quantitative estimate of drug-likeness (QED) is 0.651. The second kappa shape index (κ2) is 5.69. The van der Waals surface area contributed by atoms with Gasteiger partial charge in [0.05, 0.1) is 17.9 Å². The Hall–Kier alpha value is -3.16. The van der Waals surface area contributed by atoms with E-state index < -0.39 is 12.4 Å². The molecule has 26 heavy (non-hydrogen) atoms. The summed E-state index contributed by atoms with van der Waals surface area (Å²) in [6, 6.07) is 13.2. The van der Waals surface area contributed by atoms with Crippen molar-refractivity contribution in [1.82, 2.24) is 20.7 Å². The van der Waals surface area contributed by atoms with Gasteiger partial charge in [0, 0.05) is 23.4 Å². The number of pyridine rings is 1. The lowest BCUT2D eigenvalue weighted by Crippen LogP contribution is -2.52. The Bertz CT molecular complexity index is 1010. The molecule has 3 N–H and O–H groups in total. The van der Waals surface area contributed by atoms with Crippen LogP contribution in [0.25, 0.3) is 16.7 Å². The standard InChI is InChI=1S/C19H16N4O3/c24-16-10-14(11-4-5-15-12(9-11)6-8-26-15)21-18-17(19(25)22-23(16)18)13-3-1-2-7-20-13/h1-10,17-19,21-22,25H. The van der Waals surface area contributed by atoms with Gasteiger partial charge in [0.2, 0.25) is 0 Å². The molecule has 4 heterocycles. The minimum Gasteiger partial charge on any atom is -0.464 e. The smallest absolute Gasteiger partial charge is 0.264 e. The van der Waals surface area contributed by atoms with Crippen LogP contribution in [-0.4, -0.2) is 33.4 Å². The van der Waals surface area contributed by atoms with E-state index >= 15 is 0 Å². The molecular formula is C19H16N4O3. The van der Waals surface area contributed by atoms with E-state index in [0.29, 0.717) is 11.4 Å². The molecule has 0 aliphatic carbocycles. The van der Waals surface area contributed by atoms with Gasteiger partial charge in [-0.05, 0) is 42.0 Å². The zero-order valence-corrected chi connectivity index (χ0v) is 13.7. The number of carbonyl (C=O) groups is 1. The van der Waals surface area contributed by atoms with Crippen LogP contribution in [0.5, 0.6) is 0 Å². The maximum absolute atomic E-state index is 12.6. The van der Waals surface area contributed by atoms with Crippen molar-refractivity contribution < 1.29 is 14.3 Å². The molecule has 3 unspecified atom stereocenters. The number of nitrogens with one attached hydrogen (secondary N) is 2. The number of aliphatic hydroxyl groups is 1. The number of hydrogen-bond acceptors (Lipinski definition) is 6. The first kappa shape index (κ1) is 15.1. The van der Waals surface area contributed by atoms with Crippen molar-refractivity contribution in [3.05, 3.63) is 72.3 Å². The van der Waals surface area contributed by atoms with Crippen molar-refractivity contribution in [2.45, 2.75) is 18.3 Å². The average Bonchev–Trinajstić information content (AvgIpc) is 3.25. The number of nitrogens with zero attached hydrogens (tertiary/aromatic N) is 2. The zero-order chi connectivity index (χ0) is 17.7. The van der Waals surface area contributed by atoms with Crippen molar-refractivity contribution in [3.63, 3.8) is 0 Å². The van der Waals surface area contributed by atoms with Crippen molar-refractivity contribution in [3.8, 4) is 0 Å². The molecule has 7 heteroatoms. The predicted octanol–water partition coefficient (Wildman–Crippen LogP) is 1.55. The average molecular weight is 348 g/mol. The van der Waals surface area contributed by atoms with E-state index in [1.54, 1.807) is 12.5 Å². The number of carbonyl (C=O) groups excluding carboxylic acids is 1. The largest absolute Gasteiger partial charge is 0.464 e. The molecule has 5 rings (SSSR count). The number of aliphatic hydroxyl groups excluding tert-OH is 1. The first-order valence-electron chi connectivity index (χ1n) is 8.35. The molecule has 0 saturated carbocycles. The lowest BCUT2D eigenvalue weighted by molar-refractivity contribution is -0.131. The van der Waals surface area contributed by atoms with Gasteiger partial charge in [-0.3, -0.25) is 9.78 Å². The summed E-state index contributed by atoms with van der Waals surface area (Å²) in [5, 5.41) is 16.2. The van der Waals surface area contributed by atoms with Gasteiger partial charge in [0.15, 0.2) is 0 Å². The van der Waals surface area contributed by atoms with Crippen LogP contribution < -0.4 is 10.7 Å². The summed E-state index contributed by atoms with van der Waals surface area (Å²) < 4.78 is 5.37. The lowest BCUT2D eigenvalue weighted by Gasteiger charge is -2.32. The molecule has 1 aromatic carbocycles. The minimum atomic E-state index is -0.907. The van der Waals surface area contributed by atoms with Crippen molar-refractivity contribution in [2.24, 2.45) is 0 Å². The summed E-state index contributed by atoms with van der Waals surface area (Å²) in [6.07, 6.45) is 3.50. The van der Waals surface area contributed by atoms with E-state index in [2.05, 4.69) is 15.7 Å². The van der Waals surface area contributed by atoms with Crippen LogP contribution in [0.3, 0.4) is 0 Å². The van der Waals surface area contributed by atoms with Gasteiger partial charge in [0.1, 0.15) is 18.0 Å². The summed E-state index contributed by atoms with van der Waals surface area (Å²) in [5.41, 5.74) is 5.92. The molecule has 1 saturated heterocycles. The second-order valence-corrected chi connectivity index (χ2v) is 6.38. The third kappa shape index (κ3) is 2.29. The van der Waals surface area contributed by atoms with Gasteiger partial charge in [-0.15, -0.1) is 0 Å². The molecule has 1 fully saturated rings. The summed E-state index contributed by atoms with van der Waals surface area (Å²) in [4.78, 5) is 16.9. The highest BCUT2D eigenvalue weighted by molar-refractivity contribution is 5.97. The van der Waals surface area contributed by atoms with Crippen LogP contribution in [-0.2, 0) is 4.79 Å². The summed E-state index contributed by atoms with van der Waals surface area (Å²) in [7, 11) is 0. The van der Waals surface area contributed by atoms with Crippen molar-refractivity contribution >= 4 is 22.6 Å². The maximum Gasteiger partial charge on any atom is 0.264 e. The van der Waals surface area contributed by atoms with Crippen LogP contribution in [0.2, 0.25) is 0 Å². The monoisotopic (exact) mass is 348 g/mol. The normalized spacial score (nSPS) is 25.1. The van der Waals surface area contributed by atoms with Gasteiger partial charge in [0.25, 0.3) is 5.91 Å². The molecule has 2 aliphatic heterocycles. The molecule has 0 bridgehead atoms. The van der Waals surface area contributed by atoms with Crippen LogP contribution in [0, 0.1) is 0 Å². The Morgan fingerprint density at radius 2 is 2.12 bits per heavy atom. The minimum absolute atomic E-state index is 0.214. The van der Waals surface area contributed by atoms with E-state index in [0.717, 1.165) is 16.5 Å². The van der Waals surface area contributed by atoms with Crippen molar-refractivity contribution in [1.29, 1.82) is 0 Å². The summed E-state index contributed by atoms with van der Waals surface area (Å²) in [6.45, 7) is 0. The third-order valence-corrected chi connectivity index (χ3v) is 4.83. The maximum atomic E-state index is 12.6. The van der Waals surface area contributed by atoms with Crippen LogP contribution in [0.4, 0.5) is 0 Å². The summed E-state index contributed by atoms with van der Waals surface area (Å²) in [5.74, 6) is -0.602. The van der Waals surface area contributed by atoms with Gasteiger partial charge in [-0.2, -0.15) is 0 Å². The van der Waals surface area contributed by atoms with E-state index in [1.165, 1.54) is 11.1 Å². The zero-order valence-electron chi connectivity index (χ0n) is 13.7. The van der Waals surface area contributed by atoms with Gasteiger partial charge >= 0.3 is 0 Å². The van der Waals surface area contributed by atoms with Gasteiger partial charge in [-0.25, -0.2) is 10.4 Å². The fourth-order valence-corrected chi connectivity index (χ4v) is 3.58. The molecule has 130 valence electrons. The van der Waals surface area contributed by atoms with E-state index in [1.807, 2.05) is 42.5 Å². The Kier molecular flexibility index (Phi) is 3.31. The van der Waals surface area contributed by atoms with Gasteiger partial charge in [-0.1, -0.05) is 6.07 Å². The Morgan fingerprint density at radius 1 is 1.19 bits per heavy atom. The number of hydrogen-bond donors (Lipinski definition) is 3. The highest BCUT2D eigenvalue weighted by atomic mass is 16.3. The fraction of sp³-hybridized carbons (Fsp3) is 0.158. The molecule has 1 amide bonds. The second-order valence-electron chi connectivity index (χ2n) is 6.38. The third-order valence-electron chi connectivity index (χ3n) is 4.83. The highest BCUT2D eigenvalue weighted by Gasteiger charge is 2.46. The molecular weight excluding hydrogens is 332 g/mol. The molecule has 7 nitrogen and oxygen atoms in total. The number of rotatable bonds is 2. The topological polar surface area (TPSA) is 90.6 Å². The number of aromatic nitrogens is 1. The first-order chi connectivity index (χ1) is 12.7. The molecule has 3 atom stereocenters. The van der Waals surface area contributed by atoms with Crippen LogP contribution in [0.1, 0.15) is 17.2 Å². The van der Waals surface area contributed by atoms with E-state index in [4.69, 9.17) is 4.42 Å². The Labute approximate surface area is 148 Å². The first-order valence-corrected chi connectivity index (χ1v) is 8.35. The van der Waals surface area contributed by atoms with Crippen LogP contribution >= 0.6 is 0 Å². The number of furan rings is 1. The number of hydrazine groups is 1. The molecule has 0 spiro atoms.